The van der Waals surface area contributed by atoms with Crippen LogP contribution in [0.2, 0.25) is 0 Å². The Morgan fingerprint density at radius 2 is 2.22 bits per heavy atom. The number of para-hydroxylation sites is 1. The smallest absolute Gasteiger partial charge is 0.269 e. The lowest BCUT2D eigenvalue weighted by molar-refractivity contribution is 0.0995. The van der Waals surface area contributed by atoms with Crippen LogP contribution in [0.3, 0.4) is 0 Å². The molecule has 1 atom stereocenters. The maximum absolute atomic E-state index is 13.8. The van der Waals surface area contributed by atoms with Gasteiger partial charge in [0.15, 0.2) is 0 Å². The van der Waals surface area contributed by atoms with Crippen LogP contribution < -0.4 is 5.73 Å². The first-order chi connectivity index (χ1) is 8.50. The highest BCUT2D eigenvalue weighted by atomic mass is 19.1. The van der Waals surface area contributed by atoms with Crippen molar-refractivity contribution in [2.75, 3.05) is 0 Å². The minimum Gasteiger partial charge on any atom is -0.389 e. The number of amides is 1. The summed E-state index contributed by atoms with van der Waals surface area (Å²) >= 11 is 0. The van der Waals surface area contributed by atoms with E-state index in [2.05, 4.69) is 5.10 Å². The number of hydrogen-bond donors (Lipinski definition) is 2. The predicted octanol–water partition coefficient (Wildman–Crippen LogP) is 1.16. The topological polar surface area (TPSA) is 81.1 Å². The zero-order valence-electron chi connectivity index (χ0n) is 9.67. The van der Waals surface area contributed by atoms with Crippen molar-refractivity contribution in [3.63, 3.8) is 0 Å². The van der Waals surface area contributed by atoms with Gasteiger partial charge in [-0.15, -0.1) is 0 Å². The molecule has 0 fully saturated rings. The Morgan fingerprint density at radius 1 is 1.50 bits per heavy atom. The Morgan fingerprint density at radius 3 is 2.78 bits per heavy atom. The number of aliphatic hydroxyl groups excluding tert-OH is 1. The van der Waals surface area contributed by atoms with Crippen LogP contribution in [0.1, 0.15) is 29.1 Å². The second-order valence-electron chi connectivity index (χ2n) is 3.86. The van der Waals surface area contributed by atoms with Gasteiger partial charge in [-0.05, 0) is 19.1 Å². The van der Waals surface area contributed by atoms with Crippen molar-refractivity contribution < 1.29 is 14.3 Å². The highest BCUT2D eigenvalue weighted by molar-refractivity contribution is 5.90. The van der Waals surface area contributed by atoms with E-state index in [1.54, 1.807) is 6.07 Å². The molecule has 0 spiro atoms. The van der Waals surface area contributed by atoms with Crippen molar-refractivity contribution in [1.82, 2.24) is 9.78 Å². The quantitative estimate of drug-likeness (QED) is 0.856. The Hall–Kier alpha value is -2.21. The summed E-state index contributed by atoms with van der Waals surface area (Å²) in [5.74, 6) is -1.23. The van der Waals surface area contributed by atoms with Crippen molar-refractivity contribution >= 4 is 5.91 Å². The summed E-state index contributed by atoms with van der Waals surface area (Å²) in [6.45, 7) is 1.52. The van der Waals surface area contributed by atoms with Crippen LogP contribution in [0.5, 0.6) is 0 Å². The number of primary amides is 1. The van der Waals surface area contributed by atoms with Crippen LogP contribution in [-0.4, -0.2) is 20.8 Å². The van der Waals surface area contributed by atoms with E-state index in [1.165, 1.54) is 36.0 Å². The Kier molecular flexibility index (Phi) is 3.12. The minimum absolute atomic E-state index is 0.0368. The molecule has 5 nitrogen and oxygen atoms in total. The number of halogens is 1. The molecular weight excluding hydrogens is 237 g/mol. The third-order valence-electron chi connectivity index (χ3n) is 2.54. The van der Waals surface area contributed by atoms with E-state index in [1.807, 2.05) is 0 Å². The van der Waals surface area contributed by atoms with E-state index in [9.17, 15) is 14.3 Å². The number of benzene rings is 1. The number of aromatic nitrogens is 2. The monoisotopic (exact) mass is 249 g/mol. The molecule has 94 valence electrons. The molecule has 0 aliphatic rings. The molecule has 3 N–H and O–H groups in total. The van der Waals surface area contributed by atoms with Crippen LogP contribution in [0.15, 0.2) is 30.5 Å². The van der Waals surface area contributed by atoms with Crippen molar-refractivity contribution in [2.24, 2.45) is 5.73 Å². The molecule has 0 bridgehead atoms. The van der Waals surface area contributed by atoms with Crippen molar-refractivity contribution in [3.05, 3.63) is 47.5 Å². The van der Waals surface area contributed by atoms with Crippen LogP contribution in [0.25, 0.3) is 5.69 Å². The van der Waals surface area contributed by atoms with Gasteiger partial charge in [-0.2, -0.15) is 5.10 Å². The lowest BCUT2D eigenvalue weighted by atomic mass is 10.1. The molecule has 0 aliphatic carbocycles. The number of rotatable bonds is 3. The highest BCUT2D eigenvalue weighted by Gasteiger charge is 2.16. The summed E-state index contributed by atoms with van der Waals surface area (Å²) in [5.41, 5.74) is 5.61. The molecule has 1 unspecified atom stereocenters. The standard InChI is InChI=1S/C12H12FN3O2/c1-7(17)8-3-2-4-9(13)11(8)16-6-5-10(15-16)12(14)18/h2-7,17H,1H3,(H2,14,18). The molecule has 1 heterocycles. The summed E-state index contributed by atoms with van der Waals surface area (Å²) in [6, 6.07) is 5.74. The maximum Gasteiger partial charge on any atom is 0.269 e. The third kappa shape index (κ3) is 2.10. The van der Waals surface area contributed by atoms with Gasteiger partial charge >= 0.3 is 0 Å². The average Bonchev–Trinajstić information content (AvgIpc) is 2.77. The largest absolute Gasteiger partial charge is 0.389 e. The number of nitrogens with zero attached hydrogens (tertiary/aromatic N) is 2. The van der Waals surface area contributed by atoms with Crippen molar-refractivity contribution in [1.29, 1.82) is 0 Å². The lowest BCUT2D eigenvalue weighted by Crippen LogP contribution is -2.13. The van der Waals surface area contributed by atoms with Gasteiger partial charge in [0.2, 0.25) is 0 Å². The molecule has 0 saturated heterocycles. The SMILES string of the molecule is CC(O)c1cccc(F)c1-n1ccc(C(N)=O)n1. The second kappa shape index (κ2) is 4.58. The Labute approximate surface area is 103 Å². The van der Waals surface area contributed by atoms with E-state index >= 15 is 0 Å². The molecule has 0 saturated carbocycles. The summed E-state index contributed by atoms with van der Waals surface area (Å²) in [4.78, 5) is 11.0. The van der Waals surface area contributed by atoms with Crippen LogP contribution >= 0.6 is 0 Å². The van der Waals surface area contributed by atoms with Crippen molar-refractivity contribution in [3.8, 4) is 5.69 Å². The van der Waals surface area contributed by atoms with E-state index in [4.69, 9.17) is 5.73 Å². The van der Waals surface area contributed by atoms with Crippen molar-refractivity contribution in [2.45, 2.75) is 13.0 Å². The van der Waals surface area contributed by atoms with Crippen LogP contribution in [-0.2, 0) is 0 Å². The number of nitrogens with two attached hydrogens (primary N) is 1. The summed E-state index contributed by atoms with van der Waals surface area (Å²) < 4.78 is 15.0. The zero-order valence-corrected chi connectivity index (χ0v) is 9.67. The van der Waals surface area contributed by atoms with E-state index in [0.717, 1.165) is 0 Å². The van der Waals surface area contributed by atoms with Gasteiger partial charge in [0.25, 0.3) is 5.91 Å². The van der Waals surface area contributed by atoms with Crippen LogP contribution in [0.4, 0.5) is 4.39 Å². The molecule has 6 heteroatoms. The molecule has 2 aromatic rings. The van der Waals surface area contributed by atoms with Crippen LogP contribution in [0, 0.1) is 5.82 Å². The first kappa shape index (κ1) is 12.3. The van der Waals surface area contributed by atoms with E-state index in [0.29, 0.717) is 5.56 Å². The summed E-state index contributed by atoms with van der Waals surface area (Å²) in [5, 5.41) is 13.5. The zero-order chi connectivity index (χ0) is 13.3. The number of carbonyl (C=O) groups excluding carboxylic acids is 1. The molecule has 0 aliphatic heterocycles. The third-order valence-corrected chi connectivity index (χ3v) is 2.54. The number of hydrogen-bond acceptors (Lipinski definition) is 3. The fraction of sp³-hybridized carbons (Fsp3) is 0.167. The number of aliphatic hydroxyl groups is 1. The molecule has 1 aromatic heterocycles. The van der Waals surface area contributed by atoms with Gasteiger partial charge in [-0.3, -0.25) is 4.79 Å². The molecular formula is C12H12FN3O2. The van der Waals surface area contributed by atoms with Gasteiger partial charge in [-0.1, -0.05) is 12.1 Å². The fourth-order valence-corrected chi connectivity index (χ4v) is 1.69. The first-order valence-corrected chi connectivity index (χ1v) is 5.33. The van der Waals surface area contributed by atoms with Gasteiger partial charge in [0.05, 0.1) is 6.10 Å². The van der Waals surface area contributed by atoms with E-state index < -0.39 is 17.8 Å². The fourth-order valence-electron chi connectivity index (χ4n) is 1.69. The van der Waals surface area contributed by atoms with E-state index in [-0.39, 0.29) is 11.4 Å². The summed E-state index contributed by atoms with van der Waals surface area (Å²) in [7, 11) is 0. The lowest BCUT2D eigenvalue weighted by Gasteiger charge is -2.12. The minimum atomic E-state index is -0.850. The van der Waals surface area contributed by atoms with Gasteiger partial charge < -0.3 is 10.8 Å². The predicted molar refractivity (Wildman–Crippen MR) is 62.7 cm³/mol. The normalized spacial score (nSPS) is 12.4. The summed E-state index contributed by atoms with van der Waals surface area (Å²) in [6.07, 6.45) is 0.571. The number of carbonyl (C=O) groups is 1. The molecule has 0 radical (unpaired) electrons. The average molecular weight is 249 g/mol. The highest BCUT2D eigenvalue weighted by Crippen LogP contribution is 2.23. The molecule has 1 amide bonds. The molecule has 1 aromatic carbocycles. The van der Waals surface area contributed by atoms with Gasteiger partial charge in [0.1, 0.15) is 17.2 Å². The molecule has 2 rings (SSSR count). The Balaban J connectivity index is 2.58. The Bertz CT molecular complexity index is 593. The second-order valence-corrected chi connectivity index (χ2v) is 3.86. The molecule has 18 heavy (non-hydrogen) atoms. The first-order valence-electron chi connectivity index (χ1n) is 5.33. The van der Waals surface area contributed by atoms with Gasteiger partial charge in [0, 0.05) is 11.8 Å². The van der Waals surface area contributed by atoms with Gasteiger partial charge in [-0.25, -0.2) is 9.07 Å². The maximum atomic E-state index is 13.8.